The molecule has 0 spiro atoms. The first kappa shape index (κ1) is 17.4. The van der Waals surface area contributed by atoms with E-state index in [0.717, 1.165) is 39.4 Å². The lowest BCUT2D eigenvalue weighted by atomic mass is 10.3. The summed E-state index contributed by atoms with van der Waals surface area (Å²) in [5, 5.41) is 11.0. The normalized spacial score (nSPS) is 14.1. The van der Waals surface area contributed by atoms with Gasteiger partial charge in [-0.2, -0.15) is 5.26 Å². The molecule has 0 saturated heterocycles. The predicted octanol–water partition coefficient (Wildman–Crippen LogP) is 3.56. The number of nitrogens with one attached hydrogen (secondary N) is 1. The van der Waals surface area contributed by atoms with E-state index in [9.17, 15) is 4.39 Å². The second-order valence-corrected chi connectivity index (χ2v) is 5.70. The summed E-state index contributed by atoms with van der Waals surface area (Å²) in [6.45, 7) is 4.41. The molecule has 0 saturated carbocycles. The monoisotopic (exact) mass is 324 g/mol. The van der Waals surface area contributed by atoms with Crippen LogP contribution in [-0.4, -0.2) is 29.5 Å². The van der Waals surface area contributed by atoms with Crippen molar-refractivity contribution in [2.24, 2.45) is 4.99 Å². The van der Waals surface area contributed by atoms with E-state index in [2.05, 4.69) is 29.7 Å². The standard InChI is InChI=1S/C12H13FN2S.C2H4N2S/c1-2-3-6-14-12-8-16-11-7-9(13)4-5-10(11)15-12;1-4(5)2-3/h2,4-5,7H,1,3,6,8H2,(H,14,15);5H,1H3. The number of aliphatic imine (C=N–C) groups is 1. The Bertz CT molecular complexity index is 552. The zero-order chi connectivity index (χ0) is 15.7. The Kier molecular flexibility index (Phi) is 7.72. The van der Waals surface area contributed by atoms with E-state index in [0.29, 0.717) is 0 Å². The molecule has 7 heteroatoms. The largest absolute Gasteiger partial charge is 0.342 e. The van der Waals surface area contributed by atoms with Crippen LogP contribution in [0.3, 0.4) is 0 Å². The average Bonchev–Trinajstić information content (AvgIpc) is 2.48. The summed E-state index contributed by atoms with van der Waals surface area (Å²) >= 11 is 5.18. The van der Waals surface area contributed by atoms with Crippen LogP contribution in [0, 0.1) is 17.3 Å². The van der Waals surface area contributed by atoms with Gasteiger partial charge in [-0.25, -0.2) is 4.39 Å². The van der Waals surface area contributed by atoms with Crippen molar-refractivity contribution in [2.45, 2.75) is 11.3 Å². The molecule has 0 bridgehead atoms. The smallest absolute Gasteiger partial charge is 0.189 e. The highest BCUT2D eigenvalue weighted by atomic mass is 32.2. The number of nitrogens with zero attached hydrogens (tertiary/aromatic N) is 3. The molecule has 0 radical (unpaired) electrons. The molecule has 1 aromatic rings. The molecule has 0 amide bonds. The Morgan fingerprint density at radius 3 is 3.00 bits per heavy atom. The van der Waals surface area contributed by atoms with Crippen LogP contribution in [0.1, 0.15) is 6.42 Å². The molecule has 112 valence electrons. The van der Waals surface area contributed by atoms with Gasteiger partial charge in [-0.1, -0.05) is 18.9 Å². The van der Waals surface area contributed by atoms with E-state index >= 15 is 0 Å². The molecule has 4 nitrogen and oxygen atoms in total. The number of hydrogen-bond acceptors (Lipinski definition) is 5. The van der Waals surface area contributed by atoms with Gasteiger partial charge in [0.15, 0.2) is 6.19 Å². The van der Waals surface area contributed by atoms with Crippen LogP contribution in [0.15, 0.2) is 40.7 Å². The van der Waals surface area contributed by atoms with E-state index in [1.165, 1.54) is 6.07 Å². The second kappa shape index (κ2) is 9.32. The van der Waals surface area contributed by atoms with Gasteiger partial charge in [0, 0.05) is 18.5 Å². The first-order valence-corrected chi connectivity index (χ1v) is 7.61. The molecular formula is C14H17FN4S2. The van der Waals surface area contributed by atoms with Crippen LogP contribution in [0.5, 0.6) is 0 Å². The summed E-state index contributed by atoms with van der Waals surface area (Å²) in [5.41, 5.74) is 0.940. The van der Waals surface area contributed by atoms with Gasteiger partial charge < -0.3 is 5.32 Å². The first-order valence-electron chi connectivity index (χ1n) is 6.22. The van der Waals surface area contributed by atoms with Crippen LogP contribution < -0.4 is 5.32 Å². The van der Waals surface area contributed by atoms with Crippen molar-refractivity contribution in [3.8, 4) is 6.19 Å². The van der Waals surface area contributed by atoms with Gasteiger partial charge in [0.05, 0.1) is 11.4 Å². The highest BCUT2D eigenvalue weighted by Gasteiger charge is 2.13. The third-order valence-corrected chi connectivity index (χ3v) is 3.52. The fourth-order valence-electron chi connectivity index (χ4n) is 1.43. The number of halogens is 1. The number of thioether (sulfide) groups is 1. The van der Waals surface area contributed by atoms with Gasteiger partial charge in [0.2, 0.25) is 0 Å². The van der Waals surface area contributed by atoms with Crippen molar-refractivity contribution in [1.82, 2.24) is 4.31 Å². The molecule has 0 unspecified atom stereocenters. The minimum atomic E-state index is -0.194. The lowest BCUT2D eigenvalue weighted by Crippen LogP contribution is -2.20. The maximum absolute atomic E-state index is 13.0. The predicted molar refractivity (Wildman–Crippen MR) is 90.2 cm³/mol. The van der Waals surface area contributed by atoms with Crippen molar-refractivity contribution < 1.29 is 4.39 Å². The maximum Gasteiger partial charge on any atom is 0.189 e. The molecule has 1 aliphatic rings. The molecule has 1 aliphatic heterocycles. The summed E-state index contributed by atoms with van der Waals surface area (Å²) in [5.74, 6) is 1.53. The van der Waals surface area contributed by atoms with E-state index in [-0.39, 0.29) is 5.82 Å². The lowest BCUT2D eigenvalue weighted by Gasteiger charge is -2.19. The summed E-state index contributed by atoms with van der Waals surface area (Å²) in [7, 11) is 1.56. The number of nitriles is 1. The molecule has 1 heterocycles. The fraction of sp³-hybridized carbons (Fsp3) is 0.286. The Hall–Kier alpha value is -1.65. The Morgan fingerprint density at radius 1 is 1.67 bits per heavy atom. The van der Waals surface area contributed by atoms with Crippen LogP contribution in [-0.2, 0) is 0 Å². The second-order valence-electron chi connectivity index (χ2n) is 4.08. The quantitative estimate of drug-likeness (QED) is 0.293. The fourth-order valence-corrected chi connectivity index (χ4v) is 2.36. The molecule has 0 aromatic heterocycles. The number of hydrogen-bond donors (Lipinski definition) is 2. The van der Waals surface area contributed by atoms with Gasteiger partial charge in [0.25, 0.3) is 0 Å². The average molecular weight is 324 g/mol. The highest BCUT2D eigenvalue weighted by Crippen LogP contribution is 2.31. The lowest BCUT2D eigenvalue weighted by molar-refractivity contribution is 0.624. The third kappa shape index (κ3) is 6.56. The third-order valence-electron chi connectivity index (χ3n) is 2.37. The van der Waals surface area contributed by atoms with E-state index in [1.54, 1.807) is 37.1 Å². The summed E-state index contributed by atoms with van der Waals surface area (Å²) < 4.78 is 14.1. The molecule has 2 rings (SSSR count). The number of amidine groups is 1. The number of fused-ring (bicyclic) bond motifs is 1. The van der Waals surface area contributed by atoms with Gasteiger partial charge >= 0.3 is 0 Å². The zero-order valence-electron chi connectivity index (χ0n) is 11.7. The van der Waals surface area contributed by atoms with Crippen LogP contribution in [0.2, 0.25) is 0 Å². The van der Waals surface area contributed by atoms with Crippen molar-refractivity contribution in [2.75, 3.05) is 24.7 Å². The summed E-state index contributed by atoms with van der Waals surface area (Å²) in [4.78, 5) is 5.36. The minimum Gasteiger partial charge on any atom is -0.342 e. The summed E-state index contributed by atoms with van der Waals surface area (Å²) in [6.07, 6.45) is 4.46. The Morgan fingerprint density at radius 2 is 2.38 bits per heavy atom. The van der Waals surface area contributed by atoms with Crippen LogP contribution in [0.25, 0.3) is 0 Å². The van der Waals surface area contributed by atoms with Gasteiger partial charge in [-0.15, -0.1) is 18.3 Å². The minimum absolute atomic E-state index is 0.194. The van der Waals surface area contributed by atoms with Crippen molar-refractivity contribution >= 4 is 36.1 Å². The van der Waals surface area contributed by atoms with Crippen molar-refractivity contribution in [3.05, 3.63) is 36.7 Å². The van der Waals surface area contributed by atoms with E-state index in [4.69, 9.17) is 5.26 Å². The maximum atomic E-state index is 13.0. The number of thiol groups is 1. The molecule has 0 fully saturated rings. The summed E-state index contributed by atoms with van der Waals surface area (Å²) in [6, 6.07) is 4.76. The SMILES string of the molecule is C=CCCN=C1CSc2cc(F)ccc2N1.CN(S)C#N. The van der Waals surface area contributed by atoms with E-state index in [1.807, 2.05) is 6.08 Å². The zero-order valence-corrected chi connectivity index (χ0v) is 13.4. The highest BCUT2D eigenvalue weighted by molar-refractivity contribution is 8.00. The van der Waals surface area contributed by atoms with Gasteiger partial charge in [0.1, 0.15) is 11.7 Å². The Labute approximate surface area is 134 Å². The molecule has 1 aromatic carbocycles. The van der Waals surface area contributed by atoms with Crippen molar-refractivity contribution in [3.63, 3.8) is 0 Å². The number of rotatable bonds is 3. The molecule has 1 N–H and O–H groups in total. The molecule has 0 atom stereocenters. The molecule has 21 heavy (non-hydrogen) atoms. The number of benzene rings is 1. The molecule has 0 aliphatic carbocycles. The topological polar surface area (TPSA) is 51.4 Å². The van der Waals surface area contributed by atoms with Crippen LogP contribution in [0.4, 0.5) is 10.1 Å². The number of anilines is 1. The van der Waals surface area contributed by atoms with Gasteiger partial charge in [-0.3, -0.25) is 9.30 Å². The van der Waals surface area contributed by atoms with Crippen LogP contribution >= 0.6 is 24.6 Å². The Balaban J connectivity index is 0.000000383. The first-order chi connectivity index (χ1) is 10.1. The van der Waals surface area contributed by atoms with Gasteiger partial charge in [-0.05, 0) is 24.6 Å². The molecular weight excluding hydrogens is 307 g/mol. The van der Waals surface area contributed by atoms with Crippen molar-refractivity contribution in [1.29, 1.82) is 5.26 Å². The van der Waals surface area contributed by atoms with E-state index < -0.39 is 0 Å².